The minimum absolute atomic E-state index is 0.410. The first kappa shape index (κ1) is 14.3. The summed E-state index contributed by atoms with van der Waals surface area (Å²) in [6.07, 6.45) is 1.17. The van der Waals surface area contributed by atoms with Crippen LogP contribution in [0, 0.1) is 0 Å². The van der Waals surface area contributed by atoms with Gasteiger partial charge < -0.3 is 10.1 Å². The smallest absolute Gasteiger partial charge is 0.0725 e. The molecule has 2 heteroatoms. The summed E-state index contributed by atoms with van der Waals surface area (Å²) >= 11 is 0. The Kier molecular flexibility index (Phi) is 4.37. The molecule has 1 aliphatic heterocycles. The molecule has 2 nitrogen and oxygen atoms in total. The van der Waals surface area contributed by atoms with E-state index >= 15 is 0 Å². The van der Waals surface area contributed by atoms with Gasteiger partial charge in [0.15, 0.2) is 0 Å². The second-order valence-corrected chi connectivity index (χ2v) is 5.77. The third-order valence-electron chi connectivity index (χ3n) is 4.17. The maximum Gasteiger partial charge on any atom is 0.0725 e. The lowest BCUT2D eigenvalue weighted by molar-refractivity contribution is 0.134. The molecule has 1 heterocycles. The van der Waals surface area contributed by atoms with Crippen molar-refractivity contribution in [2.75, 3.05) is 6.54 Å². The molecule has 0 radical (unpaired) electrons. The van der Waals surface area contributed by atoms with Crippen LogP contribution in [0.1, 0.15) is 43.0 Å². The van der Waals surface area contributed by atoms with Crippen LogP contribution in [-0.2, 0) is 18.0 Å². The van der Waals surface area contributed by atoms with Gasteiger partial charge in [0.1, 0.15) is 0 Å². The molecule has 0 amide bonds. The van der Waals surface area contributed by atoms with E-state index in [-0.39, 0.29) is 0 Å². The van der Waals surface area contributed by atoms with E-state index in [0.29, 0.717) is 6.04 Å². The first-order valence-corrected chi connectivity index (χ1v) is 7.81. The zero-order chi connectivity index (χ0) is 14.7. The Morgan fingerprint density at radius 1 is 1.00 bits per heavy atom. The molecule has 0 aliphatic carbocycles. The van der Waals surface area contributed by atoms with Crippen LogP contribution in [0.15, 0.2) is 42.5 Å². The van der Waals surface area contributed by atoms with E-state index in [4.69, 9.17) is 4.74 Å². The fraction of sp³-hybridized carbons (Fsp3) is 0.368. The van der Waals surface area contributed by atoms with E-state index in [1.807, 2.05) is 0 Å². The molecule has 0 fully saturated rings. The third-order valence-corrected chi connectivity index (χ3v) is 4.17. The van der Waals surface area contributed by atoms with Gasteiger partial charge in [0.25, 0.3) is 0 Å². The van der Waals surface area contributed by atoms with Crippen LogP contribution in [0.4, 0.5) is 0 Å². The fourth-order valence-electron chi connectivity index (χ4n) is 2.79. The first-order chi connectivity index (χ1) is 10.3. The molecule has 1 unspecified atom stereocenters. The van der Waals surface area contributed by atoms with Crippen molar-refractivity contribution >= 4 is 0 Å². The second kappa shape index (κ2) is 6.42. The predicted molar refractivity (Wildman–Crippen MR) is 87.1 cm³/mol. The van der Waals surface area contributed by atoms with Crippen LogP contribution in [0.2, 0.25) is 0 Å². The number of benzene rings is 2. The highest BCUT2D eigenvalue weighted by atomic mass is 16.5. The lowest BCUT2D eigenvalue weighted by atomic mass is 9.98. The summed E-state index contributed by atoms with van der Waals surface area (Å²) in [7, 11) is 0. The Hall–Kier alpha value is -1.64. The maximum atomic E-state index is 5.49. The molecule has 1 N–H and O–H groups in total. The molecule has 0 spiro atoms. The highest BCUT2D eigenvalue weighted by Gasteiger charge is 2.12. The van der Waals surface area contributed by atoms with Crippen molar-refractivity contribution in [1.82, 2.24) is 5.32 Å². The first-order valence-electron chi connectivity index (χ1n) is 7.81. The lowest BCUT2D eigenvalue weighted by Gasteiger charge is -2.14. The lowest BCUT2D eigenvalue weighted by Crippen LogP contribution is -2.19. The molecule has 0 bridgehead atoms. The van der Waals surface area contributed by atoms with Crippen molar-refractivity contribution in [1.29, 1.82) is 0 Å². The van der Waals surface area contributed by atoms with E-state index in [1.165, 1.54) is 34.2 Å². The van der Waals surface area contributed by atoms with Crippen LogP contribution >= 0.6 is 0 Å². The van der Waals surface area contributed by atoms with Gasteiger partial charge >= 0.3 is 0 Å². The van der Waals surface area contributed by atoms with E-state index in [0.717, 1.165) is 19.8 Å². The van der Waals surface area contributed by atoms with Crippen LogP contribution in [0.25, 0.3) is 11.1 Å². The van der Waals surface area contributed by atoms with Crippen LogP contribution in [0.5, 0.6) is 0 Å². The number of hydrogen-bond acceptors (Lipinski definition) is 2. The highest BCUT2D eigenvalue weighted by Crippen LogP contribution is 2.27. The molecular formula is C19H23NO. The number of nitrogens with one attached hydrogen (secondary N) is 1. The summed E-state index contributed by atoms with van der Waals surface area (Å²) in [6.45, 7) is 6.99. The van der Waals surface area contributed by atoms with Crippen molar-refractivity contribution in [2.45, 2.75) is 39.5 Å². The Labute approximate surface area is 127 Å². The molecule has 1 aliphatic rings. The van der Waals surface area contributed by atoms with Crippen LogP contribution in [0.3, 0.4) is 0 Å². The van der Waals surface area contributed by atoms with E-state index < -0.39 is 0 Å². The summed E-state index contributed by atoms with van der Waals surface area (Å²) < 4.78 is 5.49. The molecule has 110 valence electrons. The summed E-state index contributed by atoms with van der Waals surface area (Å²) in [6, 6.07) is 16.0. The minimum atomic E-state index is 0.410. The topological polar surface area (TPSA) is 21.3 Å². The SMILES string of the molecule is CCCNC(C)c1ccc(-c2ccc3c(c2)COC3)cc1. The average molecular weight is 281 g/mol. The van der Waals surface area contributed by atoms with Crippen molar-refractivity contribution in [3.8, 4) is 11.1 Å². The summed E-state index contributed by atoms with van der Waals surface area (Å²) in [5, 5.41) is 3.53. The fourth-order valence-corrected chi connectivity index (χ4v) is 2.79. The molecule has 3 rings (SSSR count). The molecular weight excluding hydrogens is 258 g/mol. The van der Waals surface area contributed by atoms with Crippen LogP contribution < -0.4 is 5.32 Å². The Balaban J connectivity index is 1.77. The number of fused-ring (bicyclic) bond motifs is 1. The van der Waals surface area contributed by atoms with Gasteiger partial charge in [-0.3, -0.25) is 0 Å². The van der Waals surface area contributed by atoms with Crippen molar-refractivity contribution in [3.63, 3.8) is 0 Å². The number of hydrogen-bond donors (Lipinski definition) is 1. The quantitative estimate of drug-likeness (QED) is 0.874. The summed E-state index contributed by atoms with van der Waals surface area (Å²) in [5.74, 6) is 0. The zero-order valence-electron chi connectivity index (χ0n) is 12.9. The molecule has 1 atom stereocenters. The number of ether oxygens (including phenoxy) is 1. The molecule has 21 heavy (non-hydrogen) atoms. The highest BCUT2D eigenvalue weighted by molar-refractivity contribution is 5.65. The summed E-state index contributed by atoms with van der Waals surface area (Å²) in [5.41, 5.74) is 6.55. The summed E-state index contributed by atoms with van der Waals surface area (Å²) in [4.78, 5) is 0. The minimum Gasteiger partial charge on any atom is -0.372 e. The Bertz CT molecular complexity index is 603. The Morgan fingerprint density at radius 3 is 2.48 bits per heavy atom. The molecule has 0 saturated heterocycles. The van der Waals surface area contributed by atoms with Gasteiger partial charge in [0.05, 0.1) is 13.2 Å². The number of rotatable bonds is 5. The van der Waals surface area contributed by atoms with E-state index in [1.54, 1.807) is 0 Å². The third kappa shape index (κ3) is 3.17. The average Bonchev–Trinajstić information content (AvgIpc) is 3.00. The van der Waals surface area contributed by atoms with Crippen molar-refractivity contribution in [2.24, 2.45) is 0 Å². The van der Waals surface area contributed by atoms with Crippen molar-refractivity contribution in [3.05, 3.63) is 59.2 Å². The maximum absolute atomic E-state index is 5.49. The second-order valence-electron chi connectivity index (χ2n) is 5.77. The Morgan fingerprint density at radius 2 is 1.71 bits per heavy atom. The molecule has 0 aromatic heterocycles. The van der Waals surface area contributed by atoms with E-state index in [9.17, 15) is 0 Å². The van der Waals surface area contributed by atoms with Gasteiger partial charge in [0.2, 0.25) is 0 Å². The van der Waals surface area contributed by atoms with E-state index in [2.05, 4.69) is 61.6 Å². The van der Waals surface area contributed by atoms with Gasteiger partial charge in [-0.15, -0.1) is 0 Å². The van der Waals surface area contributed by atoms with Gasteiger partial charge in [-0.1, -0.05) is 43.3 Å². The van der Waals surface area contributed by atoms with Gasteiger partial charge in [-0.05, 0) is 53.8 Å². The molecule has 0 saturated carbocycles. The normalized spacial score (nSPS) is 15.0. The molecule has 2 aromatic carbocycles. The van der Waals surface area contributed by atoms with Crippen molar-refractivity contribution < 1.29 is 4.74 Å². The standard InChI is InChI=1S/C19H23NO/c1-3-10-20-14(2)15-4-6-16(7-5-15)17-8-9-18-12-21-13-19(18)11-17/h4-9,11,14,20H,3,10,12-13H2,1-2H3. The largest absolute Gasteiger partial charge is 0.372 e. The van der Waals surface area contributed by atoms with Gasteiger partial charge in [-0.25, -0.2) is 0 Å². The monoisotopic (exact) mass is 281 g/mol. The van der Waals surface area contributed by atoms with Gasteiger partial charge in [-0.2, -0.15) is 0 Å². The van der Waals surface area contributed by atoms with Crippen LogP contribution in [-0.4, -0.2) is 6.54 Å². The van der Waals surface area contributed by atoms with Gasteiger partial charge in [0, 0.05) is 6.04 Å². The molecule has 2 aromatic rings. The predicted octanol–water partition coefficient (Wildman–Crippen LogP) is 4.44. The zero-order valence-corrected chi connectivity index (χ0v) is 12.9.